The smallest absolute Gasteiger partial charge is 0.377 e. The van der Waals surface area contributed by atoms with Crippen LogP contribution >= 0.6 is 0 Å². The summed E-state index contributed by atoms with van der Waals surface area (Å²) < 4.78 is 37.9. The average molecular weight is 290 g/mol. The van der Waals surface area contributed by atoms with E-state index < -0.39 is 23.5 Å². The molecule has 0 spiro atoms. The van der Waals surface area contributed by atoms with Crippen molar-refractivity contribution in [1.29, 1.82) is 0 Å². The number of aliphatic hydroxyl groups is 1. The van der Waals surface area contributed by atoms with Gasteiger partial charge in [-0.15, -0.1) is 0 Å². The summed E-state index contributed by atoms with van der Waals surface area (Å²) in [4.78, 5) is 7.87. The number of aromatic nitrogens is 2. The van der Waals surface area contributed by atoms with E-state index in [0.29, 0.717) is 11.4 Å². The highest BCUT2D eigenvalue weighted by Gasteiger charge is 2.42. The van der Waals surface area contributed by atoms with E-state index in [4.69, 9.17) is 0 Å². The molecule has 114 valence electrons. The Balaban J connectivity index is 3.52. The first-order chi connectivity index (χ1) is 8.85. The van der Waals surface area contributed by atoms with Gasteiger partial charge in [-0.05, 0) is 18.4 Å². The molecule has 1 heterocycles. The molecule has 1 aromatic heterocycles. The van der Waals surface area contributed by atoms with Gasteiger partial charge >= 0.3 is 6.18 Å². The average Bonchev–Trinajstić information content (AvgIpc) is 2.23. The molecule has 0 aliphatic rings. The number of nitrogens with zero attached hydrogens (tertiary/aromatic N) is 2. The molecule has 0 fully saturated rings. The molecule has 1 unspecified atom stereocenters. The van der Waals surface area contributed by atoms with Gasteiger partial charge in [0.25, 0.3) is 0 Å². The zero-order chi connectivity index (χ0) is 15.9. The summed E-state index contributed by atoms with van der Waals surface area (Å²) in [5.41, 5.74) is 1.46. The van der Waals surface area contributed by atoms with E-state index in [1.165, 1.54) is 0 Å². The molecule has 0 saturated heterocycles. The van der Waals surface area contributed by atoms with Crippen LogP contribution in [0, 0.1) is 6.92 Å². The highest BCUT2D eigenvalue weighted by molar-refractivity contribution is 5.33. The third-order valence-electron chi connectivity index (χ3n) is 3.00. The van der Waals surface area contributed by atoms with E-state index in [1.807, 2.05) is 34.6 Å². The summed E-state index contributed by atoms with van der Waals surface area (Å²) in [6.45, 7) is 11.2. The topological polar surface area (TPSA) is 46.0 Å². The van der Waals surface area contributed by atoms with Crippen molar-refractivity contribution in [3.05, 3.63) is 22.8 Å². The molecule has 0 bridgehead atoms. The first kappa shape index (κ1) is 16.9. The maximum atomic E-state index is 12.6. The molecule has 1 atom stereocenters. The lowest BCUT2D eigenvalue weighted by molar-refractivity contribution is -0.209. The molecule has 0 aromatic carbocycles. The van der Waals surface area contributed by atoms with Crippen LogP contribution in [0.4, 0.5) is 13.2 Å². The van der Waals surface area contributed by atoms with E-state index in [2.05, 4.69) is 9.97 Å². The van der Waals surface area contributed by atoms with Crippen LogP contribution in [-0.4, -0.2) is 21.3 Å². The second-order valence-corrected chi connectivity index (χ2v) is 6.28. The maximum Gasteiger partial charge on any atom is 0.421 e. The van der Waals surface area contributed by atoms with Gasteiger partial charge in [0, 0.05) is 11.1 Å². The first-order valence-corrected chi connectivity index (χ1v) is 6.49. The van der Waals surface area contributed by atoms with Gasteiger partial charge in [0.1, 0.15) is 0 Å². The van der Waals surface area contributed by atoms with Crippen molar-refractivity contribution in [1.82, 2.24) is 9.97 Å². The van der Waals surface area contributed by atoms with Crippen molar-refractivity contribution >= 4 is 0 Å². The molecule has 1 aromatic rings. The Morgan fingerprint density at radius 1 is 1.05 bits per heavy atom. The standard InChI is InChI=1S/C14H21F3N2O/c1-7(2)9-8(3)18-12(11(20)14(15,16)17)19-10(9)13(4,5)6/h7,11,20H,1-6H3. The third kappa shape index (κ3) is 3.48. The molecule has 0 amide bonds. The number of aliphatic hydroxyl groups excluding tert-OH is 1. The van der Waals surface area contributed by atoms with Gasteiger partial charge in [-0.25, -0.2) is 9.97 Å². The summed E-state index contributed by atoms with van der Waals surface area (Å²) in [7, 11) is 0. The van der Waals surface area contributed by atoms with Crippen molar-refractivity contribution < 1.29 is 18.3 Å². The van der Waals surface area contributed by atoms with Gasteiger partial charge < -0.3 is 5.11 Å². The van der Waals surface area contributed by atoms with Crippen LogP contribution in [0.2, 0.25) is 0 Å². The number of hydrogen-bond donors (Lipinski definition) is 1. The summed E-state index contributed by atoms with van der Waals surface area (Å²) in [5.74, 6) is -0.481. The quantitative estimate of drug-likeness (QED) is 0.901. The Morgan fingerprint density at radius 2 is 1.55 bits per heavy atom. The summed E-state index contributed by atoms with van der Waals surface area (Å²) >= 11 is 0. The van der Waals surface area contributed by atoms with Gasteiger partial charge in [-0.3, -0.25) is 0 Å². The third-order valence-corrected chi connectivity index (χ3v) is 3.00. The summed E-state index contributed by atoms with van der Waals surface area (Å²) in [6.07, 6.45) is -7.41. The minimum atomic E-state index is -4.76. The zero-order valence-electron chi connectivity index (χ0n) is 12.6. The Hall–Kier alpha value is -1.17. The molecule has 6 heteroatoms. The highest BCUT2D eigenvalue weighted by Crippen LogP contribution is 2.35. The predicted octanol–water partition coefficient (Wildman–Crippen LogP) is 3.80. The number of hydrogen-bond acceptors (Lipinski definition) is 3. The largest absolute Gasteiger partial charge is 0.421 e. The molecule has 0 aliphatic carbocycles. The summed E-state index contributed by atoms with van der Waals surface area (Å²) in [5, 5.41) is 9.35. The lowest BCUT2D eigenvalue weighted by atomic mass is 9.84. The molecule has 3 nitrogen and oxygen atoms in total. The maximum absolute atomic E-state index is 12.6. The van der Waals surface area contributed by atoms with Gasteiger partial charge in [0.15, 0.2) is 5.82 Å². The molecule has 0 aliphatic heterocycles. The fourth-order valence-corrected chi connectivity index (χ4v) is 2.13. The van der Waals surface area contributed by atoms with E-state index in [1.54, 1.807) is 6.92 Å². The highest BCUT2D eigenvalue weighted by atomic mass is 19.4. The Morgan fingerprint density at radius 3 is 1.90 bits per heavy atom. The van der Waals surface area contributed by atoms with Gasteiger partial charge in [0.05, 0.1) is 5.69 Å². The molecule has 1 N–H and O–H groups in total. The van der Waals surface area contributed by atoms with Gasteiger partial charge in [-0.1, -0.05) is 34.6 Å². The summed E-state index contributed by atoms with van der Waals surface area (Å²) in [6, 6.07) is 0. The molecular weight excluding hydrogens is 269 g/mol. The predicted molar refractivity (Wildman–Crippen MR) is 70.6 cm³/mol. The Kier molecular flexibility index (Phi) is 4.49. The Bertz CT molecular complexity index is 490. The molecule has 20 heavy (non-hydrogen) atoms. The minimum Gasteiger partial charge on any atom is -0.377 e. The first-order valence-electron chi connectivity index (χ1n) is 6.49. The molecule has 1 rings (SSSR count). The van der Waals surface area contributed by atoms with Crippen molar-refractivity contribution in [2.24, 2.45) is 0 Å². The second kappa shape index (κ2) is 5.31. The van der Waals surface area contributed by atoms with E-state index in [-0.39, 0.29) is 5.92 Å². The monoisotopic (exact) mass is 290 g/mol. The van der Waals surface area contributed by atoms with Gasteiger partial charge in [0.2, 0.25) is 6.10 Å². The van der Waals surface area contributed by atoms with Crippen molar-refractivity contribution in [3.63, 3.8) is 0 Å². The van der Waals surface area contributed by atoms with Crippen LogP contribution in [0.3, 0.4) is 0 Å². The van der Waals surface area contributed by atoms with Crippen molar-refractivity contribution in [3.8, 4) is 0 Å². The lowest BCUT2D eigenvalue weighted by Gasteiger charge is -2.26. The van der Waals surface area contributed by atoms with Crippen LogP contribution in [0.15, 0.2) is 0 Å². The number of halogens is 3. The normalized spacial score (nSPS) is 14.8. The number of aryl methyl sites for hydroxylation is 1. The van der Waals surface area contributed by atoms with Crippen LogP contribution < -0.4 is 0 Å². The fourth-order valence-electron chi connectivity index (χ4n) is 2.13. The second-order valence-electron chi connectivity index (χ2n) is 6.28. The van der Waals surface area contributed by atoms with E-state index in [9.17, 15) is 18.3 Å². The van der Waals surface area contributed by atoms with Crippen LogP contribution in [-0.2, 0) is 5.41 Å². The lowest BCUT2D eigenvalue weighted by Crippen LogP contribution is -2.27. The van der Waals surface area contributed by atoms with Crippen LogP contribution in [0.5, 0.6) is 0 Å². The molecule has 0 saturated carbocycles. The van der Waals surface area contributed by atoms with Crippen molar-refractivity contribution in [2.75, 3.05) is 0 Å². The molecule has 0 radical (unpaired) electrons. The minimum absolute atomic E-state index is 0.0984. The van der Waals surface area contributed by atoms with Crippen molar-refractivity contribution in [2.45, 2.75) is 65.2 Å². The number of rotatable bonds is 2. The van der Waals surface area contributed by atoms with Crippen LogP contribution in [0.1, 0.15) is 69.4 Å². The van der Waals surface area contributed by atoms with E-state index in [0.717, 1.165) is 5.56 Å². The fraction of sp³-hybridized carbons (Fsp3) is 0.714. The van der Waals surface area contributed by atoms with Crippen LogP contribution in [0.25, 0.3) is 0 Å². The number of alkyl halides is 3. The van der Waals surface area contributed by atoms with E-state index >= 15 is 0 Å². The SMILES string of the molecule is Cc1nc(C(O)C(F)(F)F)nc(C(C)(C)C)c1C(C)C. The van der Waals surface area contributed by atoms with Gasteiger partial charge in [-0.2, -0.15) is 13.2 Å². The Labute approximate surface area is 117 Å². The molecular formula is C14H21F3N2O. The zero-order valence-corrected chi connectivity index (χ0v) is 12.6.